The van der Waals surface area contributed by atoms with Gasteiger partial charge in [0.1, 0.15) is 0 Å². The number of fused-ring (bicyclic) bond motifs is 1. The molecular formula is C15H18N2O6. The predicted octanol–water partition coefficient (Wildman–Crippen LogP) is 0.247. The van der Waals surface area contributed by atoms with Crippen molar-refractivity contribution in [3.8, 4) is 11.5 Å². The number of carbonyl (C=O) groups excluding carboxylic acids is 2. The van der Waals surface area contributed by atoms with Crippen molar-refractivity contribution in [1.82, 2.24) is 4.90 Å². The van der Waals surface area contributed by atoms with Gasteiger partial charge in [0.25, 0.3) is 0 Å². The molecule has 3 N–H and O–H groups in total. The number of carbonyl (C=O) groups is 3. The smallest absolute Gasteiger partial charge is 0.305 e. The maximum absolute atomic E-state index is 12.5. The van der Waals surface area contributed by atoms with Crippen LogP contribution in [-0.2, 0) is 9.59 Å². The van der Waals surface area contributed by atoms with E-state index < -0.39 is 30.4 Å². The van der Waals surface area contributed by atoms with E-state index >= 15 is 0 Å². The monoisotopic (exact) mass is 322 g/mol. The highest BCUT2D eigenvalue weighted by Gasteiger charge is 2.29. The Labute approximate surface area is 132 Å². The Kier molecular flexibility index (Phi) is 4.85. The first-order valence-electron chi connectivity index (χ1n) is 6.99. The van der Waals surface area contributed by atoms with Gasteiger partial charge >= 0.3 is 5.97 Å². The van der Waals surface area contributed by atoms with Gasteiger partial charge in [-0.25, -0.2) is 0 Å². The number of nitrogens with two attached hydrogens (primary N) is 1. The molecule has 0 saturated carbocycles. The van der Waals surface area contributed by atoms with Gasteiger partial charge in [0.15, 0.2) is 17.3 Å². The summed E-state index contributed by atoms with van der Waals surface area (Å²) in [4.78, 5) is 36.4. The van der Waals surface area contributed by atoms with Gasteiger partial charge in [-0.2, -0.15) is 0 Å². The number of aliphatic carboxylic acids is 1. The molecule has 2 rings (SSSR count). The van der Waals surface area contributed by atoms with Crippen molar-refractivity contribution in [2.24, 2.45) is 5.73 Å². The molecule has 1 heterocycles. The summed E-state index contributed by atoms with van der Waals surface area (Å²) in [6, 6.07) is 2.78. The normalized spacial score (nSPS) is 14.9. The Morgan fingerprint density at radius 2 is 1.96 bits per heavy atom. The summed E-state index contributed by atoms with van der Waals surface area (Å²) < 4.78 is 10.4. The number of Topliss-reactive ketones (excluding diaryl/α,β-unsaturated/α-hetero) is 1. The molecule has 124 valence electrons. The van der Waals surface area contributed by atoms with Crippen LogP contribution in [0.2, 0.25) is 0 Å². The van der Waals surface area contributed by atoms with E-state index in [2.05, 4.69) is 0 Å². The van der Waals surface area contributed by atoms with E-state index in [0.717, 1.165) is 4.90 Å². The number of hydrogen-bond donors (Lipinski definition) is 2. The lowest BCUT2D eigenvalue weighted by molar-refractivity contribution is -0.141. The number of carboxylic acid groups (broad SMARTS) is 1. The van der Waals surface area contributed by atoms with E-state index in [1.165, 1.54) is 7.05 Å². The van der Waals surface area contributed by atoms with Crippen LogP contribution < -0.4 is 15.2 Å². The summed E-state index contributed by atoms with van der Waals surface area (Å²) in [6.07, 6.45) is -0.492. The third kappa shape index (κ3) is 3.59. The Hall–Kier alpha value is -2.61. The maximum Gasteiger partial charge on any atom is 0.305 e. The third-order valence-corrected chi connectivity index (χ3v) is 3.68. The first-order valence-corrected chi connectivity index (χ1v) is 6.99. The Bertz CT molecular complexity index is 645. The van der Waals surface area contributed by atoms with Crippen LogP contribution in [0.1, 0.15) is 23.7 Å². The van der Waals surface area contributed by atoms with Crippen molar-refractivity contribution >= 4 is 17.7 Å². The van der Waals surface area contributed by atoms with Gasteiger partial charge in [-0.3, -0.25) is 14.4 Å². The molecule has 23 heavy (non-hydrogen) atoms. The largest absolute Gasteiger partial charge is 0.481 e. The minimum atomic E-state index is -1.19. The minimum Gasteiger partial charge on any atom is -0.481 e. The van der Waals surface area contributed by atoms with Crippen molar-refractivity contribution in [3.63, 3.8) is 0 Å². The Morgan fingerprint density at radius 1 is 1.30 bits per heavy atom. The van der Waals surface area contributed by atoms with Gasteiger partial charge in [0.2, 0.25) is 12.7 Å². The van der Waals surface area contributed by atoms with Gasteiger partial charge < -0.3 is 25.2 Å². The highest BCUT2D eigenvalue weighted by Crippen LogP contribution is 2.32. The molecule has 0 spiro atoms. The second-order valence-electron chi connectivity index (χ2n) is 5.26. The number of likely N-dealkylation sites (N-methyl/N-ethyl adjacent to an activating group) is 1. The van der Waals surface area contributed by atoms with E-state index in [9.17, 15) is 14.4 Å². The molecule has 1 aromatic carbocycles. The number of ketones is 1. The highest BCUT2D eigenvalue weighted by molar-refractivity contribution is 6.02. The lowest BCUT2D eigenvalue weighted by Gasteiger charge is -2.26. The molecule has 1 aromatic rings. The van der Waals surface area contributed by atoms with E-state index in [1.807, 2.05) is 0 Å². The van der Waals surface area contributed by atoms with Gasteiger partial charge in [-0.05, 0) is 25.1 Å². The fourth-order valence-electron chi connectivity index (χ4n) is 2.19. The number of benzene rings is 1. The van der Waals surface area contributed by atoms with Gasteiger partial charge in [-0.1, -0.05) is 0 Å². The molecular weight excluding hydrogens is 304 g/mol. The number of ether oxygens (including phenoxy) is 2. The molecule has 8 heteroatoms. The van der Waals surface area contributed by atoms with Crippen LogP contribution in [0.3, 0.4) is 0 Å². The van der Waals surface area contributed by atoms with Crippen LogP contribution in [0.5, 0.6) is 11.5 Å². The van der Waals surface area contributed by atoms with Gasteiger partial charge in [0, 0.05) is 12.6 Å². The van der Waals surface area contributed by atoms with Gasteiger partial charge in [-0.15, -0.1) is 0 Å². The zero-order chi connectivity index (χ0) is 17.1. The molecule has 1 aliphatic heterocycles. The summed E-state index contributed by atoms with van der Waals surface area (Å²) in [5, 5.41) is 8.69. The fraction of sp³-hybridized carbons (Fsp3) is 0.400. The number of carboxylic acids is 1. The number of hydrogen-bond acceptors (Lipinski definition) is 6. The van der Waals surface area contributed by atoms with Crippen molar-refractivity contribution in [2.45, 2.75) is 25.4 Å². The van der Waals surface area contributed by atoms with E-state index in [1.54, 1.807) is 25.1 Å². The molecule has 1 amide bonds. The minimum absolute atomic E-state index is 0.102. The van der Waals surface area contributed by atoms with Crippen molar-refractivity contribution in [1.29, 1.82) is 0 Å². The number of amides is 1. The maximum atomic E-state index is 12.5. The van der Waals surface area contributed by atoms with E-state index in [4.69, 9.17) is 20.3 Å². The molecule has 0 aromatic heterocycles. The van der Waals surface area contributed by atoms with Crippen LogP contribution >= 0.6 is 0 Å². The molecule has 8 nitrogen and oxygen atoms in total. The number of nitrogens with zero attached hydrogens (tertiary/aromatic N) is 1. The lowest BCUT2D eigenvalue weighted by atomic mass is 10.0. The molecule has 2 atom stereocenters. The molecule has 0 aliphatic carbocycles. The van der Waals surface area contributed by atoms with Crippen molar-refractivity contribution in [2.75, 3.05) is 13.8 Å². The standard InChI is InChI=1S/C15H18N2O6/c1-8(17(2)15(21)10(16)6-13(18)19)14(20)9-3-4-11-12(5-9)23-7-22-11/h3-5,8,10H,6-7,16H2,1-2H3,(H,18,19)/t8-,10-/m0/s1. The highest BCUT2D eigenvalue weighted by atomic mass is 16.7. The van der Waals surface area contributed by atoms with Crippen LogP contribution in [0.4, 0.5) is 0 Å². The summed E-state index contributed by atoms with van der Waals surface area (Å²) in [7, 11) is 1.42. The zero-order valence-corrected chi connectivity index (χ0v) is 12.8. The van der Waals surface area contributed by atoms with Gasteiger partial charge in [0.05, 0.1) is 18.5 Å². The van der Waals surface area contributed by atoms with Crippen LogP contribution in [0, 0.1) is 0 Å². The lowest BCUT2D eigenvalue weighted by Crippen LogP contribution is -2.48. The molecule has 0 radical (unpaired) electrons. The SMILES string of the molecule is C[C@@H](C(=O)c1ccc2c(c1)OCO2)N(C)C(=O)[C@@H](N)CC(=O)O. The van der Waals surface area contributed by atoms with Crippen molar-refractivity contribution < 1.29 is 29.0 Å². The molecule has 0 bridgehead atoms. The molecule has 0 unspecified atom stereocenters. The third-order valence-electron chi connectivity index (χ3n) is 3.68. The van der Waals surface area contributed by atoms with Crippen LogP contribution in [-0.4, -0.2) is 53.6 Å². The molecule has 1 aliphatic rings. The second-order valence-corrected chi connectivity index (χ2v) is 5.26. The van der Waals surface area contributed by atoms with E-state index in [-0.39, 0.29) is 12.6 Å². The average Bonchev–Trinajstić information content (AvgIpc) is 2.98. The van der Waals surface area contributed by atoms with Crippen LogP contribution in [0.15, 0.2) is 18.2 Å². The first kappa shape index (κ1) is 16.8. The summed E-state index contributed by atoms with van der Waals surface area (Å²) in [6.45, 7) is 1.66. The van der Waals surface area contributed by atoms with Crippen LogP contribution in [0.25, 0.3) is 0 Å². The first-order chi connectivity index (χ1) is 10.8. The molecule has 0 fully saturated rings. The summed E-state index contributed by atoms with van der Waals surface area (Å²) >= 11 is 0. The quantitative estimate of drug-likeness (QED) is 0.720. The zero-order valence-electron chi connectivity index (χ0n) is 12.8. The summed E-state index contributed by atoms with van der Waals surface area (Å²) in [5.41, 5.74) is 5.92. The second kappa shape index (κ2) is 6.66. The summed E-state index contributed by atoms with van der Waals surface area (Å²) in [5.74, 6) is -1.05. The fourth-order valence-corrected chi connectivity index (χ4v) is 2.19. The molecule has 0 saturated heterocycles. The average molecular weight is 322 g/mol. The Balaban J connectivity index is 2.09. The topological polar surface area (TPSA) is 119 Å². The number of rotatable bonds is 6. The van der Waals surface area contributed by atoms with Crippen molar-refractivity contribution in [3.05, 3.63) is 23.8 Å². The predicted molar refractivity (Wildman–Crippen MR) is 79.4 cm³/mol. The van der Waals surface area contributed by atoms with E-state index in [0.29, 0.717) is 17.1 Å². The Morgan fingerprint density at radius 3 is 2.61 bits per heavy atom.